The van der Waals surface area contributed by atoms with Crippen LogP contribution in [0.15, 0.2) is 54.6 Å². The number of carbonyl (C=O) groups is 1. The largest absolute Gasteiger partial charge is 0.455 e. The minimum absolute atomic E-state index is 0.195. The van der Waals surface area contributed by atoms with Crippen molar-refractivity contribution in [3.05, 3.63) is 65.7 Å². The van der Waals surface area contributed by atoms with Gasteiger partial charge in [0, 0.05) is 18.9 Å². The standard InChI is InChI=1S/C31H48NO3/c1-6-8-9-10-11-12-14-19-27-22-17-23-29(24-27)34-26(3)35-31(33)30(18-7-2)32(4,5)25-28-20-15-13-16-21-28/h13,15-17,20-24,26,30H,6-12,14,18-19,25H2,1-5H3/q+1. The van der Waals surface area contributed by atoms with Gasteiger partial charge in [0.1, 0.15) is 12.3 Å². The monoisotopic (exact) mass is 482 g/mol. The van der Waals surface area contributed by atoms with Crippen LogP contribution in [0.4, 0.5) is 0 Å². The third kappa shape index (κ3) is 10.9. The van der Waals surface area contributed by atoms with Crippen molar-refractivity contribution in [3.63, 3.8) is 0 Å². The summed E-state index contributed by atoms with van der Waals surface area (Å²) < 4.78 is 12.4. The zero-order chi connectivity index (χ0) is 25.5. The maximum Gasteiger partial charge on any atom is 0.368 e. The van der Waals surface area contributed by atoms with Crippen LogP contribution in [0.25, 0.3) is 0 Å². The highest BCUT2D eigenvalue weighted by Gasteiger charge is 2.36. The number of esters is 1. The summed E-state index contributed by atoms with van der Waals surface area (Å²) in [6.45, 7) is 6.95. The number of nitrogens with zero attached hydrogens (tertiary/aromatic N) is 1. The average Bonchev–Trinajstić information content (AvgIpc) is 2.82. The molecule has 0 heterocycles. The van der Waals surface area contributed by atoms with E-state index >= 15 is 0 Å². The van der Waals surface area contributed by atoms with Crippen molar-refractivity contribution in [2.75, 3.05) is 14.1 Å². The quantitative estimate of drug-likeness (QED) is 0.100. The van der Waals surface area contributed by atoms with Crippen LogP contribution >= 0.6 is 0 Å². The van der Waals surface area contributed by atoms with Gasteiger partial charge in [-0.05, 0) is 37.0 Å². The number of ether oxygens (including phenoxy) is 2. The summed E-state index contributed by atoms with van der Waals surface area (Å²) in [5, 5.41) is 0. The van der Waals surface area contributed by atoms with Crippen molar-refractivity contribution in [2.24, 2.45) is 0 Å². The van der Waals surface area contributed by atoms with Crippen molar-refractivity contribution in [2.45, 2.75) is 104 Å². The second-order valence-electron chi connectivity index (χ2n) is 10.4. The molecule has 2 atom stereocenters. The molecule has 0 aliphatic carbocycles. The second-order valence-corrected chi connectivity index (χ2v) is 10.4. The van der Waals surface area contributed by atoms with E-state index in [0.29, 0.717) is 4.48 Å². The van der Waals surface area contributed by atoms with Crippen molar-refractivity contribution < 1.29 is 18.8 Å². The summed E-state index contributed by atoms with van der Waals surface area (Å²) in [5.41, 5.74) is 2.49. The Morgan fingerprint density at radius 1 is 0.829 bits per heavy atom. The van der Waals surface area contributed by atoms with Crippen molar-refractivity contribution in [1.82, 2.24) is 0 Å². The van der Waals surface area contributed by atoms with E-state index in [1.807, 2.05) is 30.3 Å². The normalized spacial score (nSPS) is 13.3. The summed E-state index contributed by atoms with van der Waals surface area (Å²) in [5.74, 6) is 0.565. The van der Waals surface area contributed by atoms with E-state index in [2.05, 4.69) is 52.2 Å². The van der Waals surface area contributed by atoms with Crippen LogP contribution in [-0.2, 0) is 22.5 Å². The molecule has 0 N–H and O–H groups in total. The third-order valence-corrected chi connectivity index (χ3v) is 6.66. The molecular formula is C31H48NO3+. The molecule has 0 fully saturated rings. The predicted molar refractivity (Wildman–Crippen MR) is 145 cm³/mol. The molecule has 2 unspecified atom stereocenters. The first-order valence-electron chi connectivity index (χ1n) is 13.7. The molecule has 0 aromatic heterocycles. The maximum absolute atomic E-state index is 13.2. The number of carbonyl (C=O) groups excluding carboxylic acids is 1. The van der Waals surface area contributed by atoms with Gasteiger partial charge >= 0.3 is 5.97 Å². The maximum atomic E-state index is 13.2. The minimum Gasteiger partial charge on any atom is -0.455 e. The Hall–Kier alpha value is -2.33. The zero-order valence-corrected chi connectivity index (χ0v) is 22.8. The molecule has 0 radical (unpaired) electrons. The fourth-order valence-electron chi connectivity index (χ4n) is 4.71. The van der Waals surface area contributed by atoms with Gasteiger partial charge in [0.05, 0.1) is 14.1 Å². The predicted octanol–water partition coefficient (Wildman–Crippen LogP) is 7.69. The van der Waals surface area contributed by atoms with Crippen LogP contribution in [0.3, 0.4) is 0 Å². The number of hydrogen-bond donors (Lipinski definition) is 0. The highest BCUT2D eigenvalue weighted by molar-refractivity contribution is 5.74. The lowest BCUT2D eigenvalue weighted by atomic mass is 10.0. The Morgan fingerprint density at radius 2 is 1.49 bits per heavy atom. The highest BCUT2D eigenvalue weighted by atomic mass is 16.7. The Bertz CT molecular complexity index is 849. The van der Waals surface area contributed by atoms with E-state index in [-0.39, 0.29) is 12.0 Å². The van der Waals surface area contributed by atoms with Gasteiger partial charge in [-0.15, -0.1) is 0 Å². The van der Waals surface area contributed by atoms with Gasteiger partial charge in [0.2, 0.25) is 6.29 Å². The molecule has 0 saturated carbocycles. The Labute approximate surface area is 214 Å². The van der Waals surface area contributed by atoms with E-state index < -0.39 is 6.29 Å². The molecule has 194 valence electrons. The van der Waals surface area contributed by atoms with Crippen LogP contribution in [-0.4, -0.2) is 36.9 Å². The SMILES string of the molecule is CCCCCCCCCc1cccc(OC(C)OC(=O)C(CCC)[N+](C)(C)Cc2ccccc2)c1. The van der Waals surface area contributed by atoms with Crippen LogP contribution in [0.1, 0.15) is 89.7 Å². The van der Waals surface area contributed by atoms with Gasteiger partial charge < -0.3 is 14.0 Å². The topological polar surface area (TPSA) is 35.5 Å². The van der Waals surface area contributed by atoms with Gasteiger partial charge in [-0.25, -0.2) is 4.79 Å². The van der Waals surface area contributed by atoms with Crippen molar-refractivity contribution >= 4 is 5.97 Å². The molecule has 2 aromatic rings. The molecule has 4 heteroatoms. The number of aryl methyl sites for hydroxylation is 1. The number of hydrogen-bond acceptors (Lipinski definition) is 3. The first kappa shape index (κ1) is 28.9. The lowest BCUT2D eigenvalue weighted by Crippen LogP contribution is -2.53. The molecule has 4 nitrogen and oxygen atoms in total. The van der Waals surface area contributed by atoms with Gasteiger partial charge in [-0.2, -0.15) is 0 Å². The molecular weight excluding hydrogens is 434 g/mol. The minimum atomic E-state index is -0.632. The second kappa shape index (κ2) is 15.6. The summed E-state index contributed by atoms with van der Waals surface area (Å²) >= 11 is 0. The number of quaternary nitrogens is 1. The number of rotatable bonds is 17. The molecule has 2 rings (SSSR count). The highest BCUT2D eigenvalue weighted by Crippen LogP contribution is 2.22. The Balaban J connectivity index is 1.87. The number of likely N-dealkylation sites (N-methyl/N-ethyl adjacent to an activating group) is 1. The summed E-state index contributed by atoms with van der Waals surface area (Å²) in [7, 11) is 4.21. The van der Waals surface area contributed by atoms with Gasteiger partial charge in [-0.3, -0.25) is 0 Å². The first-order valence-corrected chi connectivity index (χ1v) is 13.7. The van der Waals surface area contributed by atoms with E-state index in [1.54, 1.807) is 6.92 Å². The van der Waals surface area contributed by atoms with Gasteiger partial charge in [-0.1, -0.05) is 94.8 Å². The van der Waals surface area contributed by atoms with Crippen LogP contribution in [0.5, 0.6) is 5.75 Å². The summed E-state index contributed by atoms with van der Waals surface area (Å²) in [6.07, 6.45) is 11.3. The molecule has 0 aliphatic heterocycles. The Morgan fingerprint density at radius 3 is 2.17 bits per heavy atom. The fourth-order valence-corrected chi connectivity index (χ4v) is 4.71. The van der Waals surface area contributed by atoms with E-state index in [0.717, 1.165) is 31.6 Å². The van der Waals surface area contributed by atoms with E-state index in [9.17, 15) is 4.79 Å². The van der Waals surface area contributed by atoms with Gasteiger partial charge in [0.15, 0.2) is 6.04 Å². The van der Waals surface area contributed by atoms with Crippen molar-refractivity contribution in [3.8, 4) is 5.75 Å². The lowest BCUT2D eigenvalue weighted by molar-refractivity contribution is -0.920. The van der Waals surface area contributed by atoms with E-state index in [4.69, 9.17) is 9.47 Å². The number of unbranched alkanes of at least 4 members (excludes halogenated alkanes) is 6. The summed E-state index contributed by atoms with van der Waals surface area (Å²) in [6, 6.07) is 18.3. The van der Waals surface area contributed by atoms with Crippen LogP contribution < -0.4 is 4.74 Å². The molecule has 0 aliphatic rings. The first-order chi connectivity index (χ1) is 16.9. The average molecular weight is 483 g/mol. The number of benzene rings is 2. The van der Waals surface area contributed by atoms with Gasteiger partial charge in [0.25, 0.3) is 0 Å². The van der Waals surface area contributed by atoms with Crippen LogP contribution in [0.2, 0.25) is 0 Å². The molecule has 0 saturated heterocycles. The Kier molecular flexibility index (Phi) is 12.9. The molecule has 2 aromatic carbocycles. The lowest BCUT2D eigenvalue weighted by Gasteiger charge is -2.37. The molecule has 0 amide bonds. The molecule has 35 heavy (non-hydrogen) atoms. The summed E-state index contributed by atoms with van der Waals surface area (Å²) in [4.78, 5) is 13.2. The smallest absolute Gasteiger partial charge is 0.368 e. The molecule has 0 bridgehead atoms. The van der Waals surface area contributed by atoms with Crippen molar-refractivity contribution in [1.29, 1.82) is 0 Å². The zero-order valence-electron chi connectivity index (χ0n) is 22.8. The third-order valence-electron chi connectivity index (χ3n) is 6.66. The molecule has 0 spiro atoms. The van der Waals surface area contributed by atoms with E-state index in [1.165, 1.54) is 56.1 Å². The fraction of sp³-hybridized carbons (Fsp3) is 0.581. The van der Waals surface area contributed by atoms with Crippen LogP contribution in [0, 0.1) is 0 Å².